The number of halogens is 1. The molecule has 0 spiro atoms. The molecule has 2 rings (SSSR count). The lowest BCUT2D eigenvalue weighted by Gasteiger charge is -2.21. The van der Waals surface area contributed by atoms with Gasteiger partial charge in [-0.05, 0) is 37.1 Å². The van der Waals surface area contributed by atoms with E-state index in [0.717, 1.165) is 31.7 Å². The summed E-state index contributed by atoms with van der Waals surface area (Å²) in [5.74, 6) is 0.470. The van der Waals surface area contributed by atoms with Gasteiger partial charge in [0.15, 0.2) is 11.5 Å². The molecule has 122 valence electrons. The molecule has 0 aliphatic heterocycles. The molecular formula is C17H21ClN4O. The van der Waals surface area contributed by atoms with Gasteiger partial charge in [0, 0.05) is 13.1 Å². The fourth-order valence-corrected chi connectivity index (χ4v) is 2.43. The Morgan fingerprint density at radius 3 is 2.35 bits per heavy atom. The lowest BCUT2D eigenvalue weighted by atomic mass is 10.3. The molecule has 2 aromatic rings. The number of hydrogen-bond acceptors (Lipinski definition) is 4. The van der Waals surface area contributed by atoms with Crippen LogP contribution in [0.15, 0.2) is 36.4 Å². The summed E-state index contributed by atoms with van der Waals surface area (Å²) in [6.07, 6.45) is 2.08. The maximum Gasteiger partial charge on any atom is 0.276 e. The third-order valence-electron chi connectivity index (χ3n) is 3.32. The first-order valence-electron chi connectivity index (χ1n) is 7.80. The average molecular weight is 333 g/mol. The molecule has 0 fully saturated rings. The molecule has 0 unspecified atom stereocenters. The molecule has 0 bridgehead atoms. The molecule has 5 nitrogen and oxygen atoms in total. The van der Waals surface area contributed by atoms with E-state index in [-0.39, 0.29) is 11.6 Å². The molecule has 0 radical (unpaired) electrons. The van der Waals surface area contributed by atoms with Gasteiger partial charge in [-0.25, -0.2) is 0 Å². The van der Waals surface area contributed by atoms with Crippen molar-refractivity contribution in [2.75, 3.05) is 23.3 Å². The quantitative estimate of drug-likeness (QED) is 0.832. The van der Waals surface area contributed by atoms with Gasteiger partial charge in [0.05, 0.1) is 10.7 Å². The molecule has 1 aromatic heterocycles. The van der Waals surface area contributed by atoms with E-state index in [4.69, 9.17) is 11.6 Å². The van der Waals surface area contributed by atoms with Crippen LogP contribution in [0.4, 0.5) is 11.5 Å². The molecule has 6 heteroatoms. The van der Waals surface area contributed by atoms with Crippen LogP contribution in [-0.4, -0.2) is 29.2 Å². The minimum absolute atomic E-state index is 0.265. The molecular weight excluding hydrogens is 312 g/mol. The van der Waals surface area contributed by atoms with Gasteiger partial charge in [-0.1, -0.05) is 37.6 Å². The molecule has 1 N–H and O–H groups in total. The number of carbonyl (C=O) groups is 1. The van der Waals surface area contributed by atoms with Crippen LogP contribution in [0.3, 0.4) is 0 Å². The molecule has 0 atom stereocenters. The van der Waals surface area contributed by atoms with E-state index >= 15 is 0 Å². The van der Waals surface area contributed by atoms with Gasteiger partial charge < -0.3 is 10.2 Å². The van der Waals surface area contributed by atoms with E-state index < -0.39 is 0 Å². The monoisotopic (exact) mass is 332 g/mol. The first-order valence-corrected chi connectivity index (χ1v) is 8.18. The minimum Gasteiger partial charge on any atom is -0.355 e. The van der Waals surface area contributed by atoms with Crippen LogP contribution < -0.4 is 10.2 Å². The first-order chi connectivity index (χ1) is 11.2. The number of aromatic nitrogens is 2. The van der Waals surface area contributed by atoms with Crippen LogP contribution in [-0.2, 0) is 0 Å². The summed E-state index contributed by atoms with van der Waals surface area (Å²) in [7, 11) is 0. The number of nitrogens with one attached hydrogen (secondary N) is 1. The van der Waals surface area contributed by atoms with E-state index in [0.29, 0.717) is 10.7 Å². The number of carbonyl (C=O) groups excluding carboxylic acids is 1. The molecule has 1 amide bonds. The van der Waals surface area contributed by atoms with Gasteiger partial charge in [0.1, 0.15) is 0 Å². The molecule has 0 aliphatic carbocycles. The minimum atomic E-state index is -0.324. The predicted molar refractivity (Wildman–Crippen MR) is 94.2 cm³/mol. The van der Waals surface area contributed by atoms with Crippen LogP contribution in [0.1, 0.15) is 37.2 Å². The molecule has 1 aromatic carbocycles. The van der Waals surface area contributed by atoms with Crippen molar-refractivity contribution in [1.82, 2.24) is 10.2 Å². The smallest absolute Gasteiger partial charge is 0.276 e. The van der Waals surface area contributed by atoms with Gasteiger partial charge in [0.2, 0.25) is 0 Å². The highest BCUT2D eigenvalue weighted by Gasteiger charge is 2.12. The number of amides is 1. The summed E-state index contributed by atoms with van der Waals surface area (Å²) >= 11 is 6.03. The number of rotatable bonds is 7. The fourth-order valence-electron chi connectivity index (χ4n) is 2.24. The topological polar surface area (TPSA) is 58.1 Å². The standard InChI is InChI=1S/C17H21ClN4O/c1-3-11-22(12-4-2)16-10-9-15(20-21-16)17(23)19-14-8-6-5-7-13(14)18/h5-10H,3-4,11-12H2,1-2H3,(H,19,23). The van der Waals surface area contributed by atoms with Gasteiger partial charge in [0.25, 0.3) is 5.91 Å². The van der Waals surface area contributed by atoms with Gasteiger partial charge in [-0.15, -0.1) is 10.2 Å². The molecule has 0 aliphatic rings. The summed E-state index contributed by atoms with van der Waals surface area (Å²) in [5.41, 5.74) is 0.824. The second kappa shape index (κ2) is 8.48. The second-order valence-electron chi connectivity index (χ2n) is 5.20. The van der Waals surface area contributed by atoms with Crippen molar-refractivity contribution >= 4 is 29.0 Å². The van der Waals surface area contributed by atoms with E-state index in [2.05, 4.69) is 34.3 Å². The first kappa shape index (κ1) is 17.2. The third kappa shape index (κ3) is 4.66. The maximum atomic E-state index is 12.2. The summed E-state index contributed by atoms with van der Waals surface area (Å²) in [6.45, 7) is 6.10. The zero-order chi connectivity index (χ0) is 16.7. The lowest BCUT2D eigenvalue weighted by molar-refractivity contribution is 0.102. The highest BCUT2D eigenvalue weighted by Crippen LogP contribution is 2.21. The molecule has 1 heterocycles. The Morgan fingerprint density at radius 1 is 1.09 bits per heavy atom. The van der Waals surface area contributed by atoms with E-state index in [9.17, 15) is 4.79 Å². The van der Waals surface area contributed by atoms with Crippen LogP contribution in [0.25, 0.3) is 0 Å². The number of hydrogen-bond donors (Lipinski definition) is 1. The Labute approximate surface area is 141 Å². The Hall–Kier alpha value is -2.14. The Kier molecular flexibility index (Phi) is 6.35. The number of anilines is 2. The Morgan fingerprint density at radius 2 is 1.78 bits per heavy atom. The third-order valence-corrected chi connectivity index (χ3v) is 3.65. The number of nitrogens with zero attached hydrogens (tertiary/aromatic N) is 3. The van der Waals surface area contributed by atoms with Crippen molar-refractivity contribution in [2.24, 2.45) is 0 Å². The largest absolute Gasteiger partial charge is 0.355 e. The van der Waals surface area contributed by atoms with Crippen molar-refractivity contribution in [2.45, 2.75) is 26.7 Å². The highest BCUT2D eigenvalue weighted by molar-refractivity contribution is 6.33. The normalized spacial score (nSPS) is 10.4. The SMILES string of the molecule is CCCN(CCC)c1ccc(C(=O)Nc2ccccc2Cl)nn1. The molecule has 0 saturated heterocycles. The summed E-state index contributed by atoms with van der Waals surface area (Å²) < 4.78 is 0. The maximum absolute atomic E-state index is 12.2. The lowest BCUT2D eigenvalue weighted by Crippen LogP contribution is -2.26. The van der Waals surface area contributed by atoms with Crippen molar-refractivity contribution < 1.29 is 4.79 Å². The summed E-state index contributed by atoms with van der Waals surface area (Å²) in [4.78, 5) is 14.4. The molecule has 23 heavy (non-hydrogen) atoms. The van der Waals surface area contributed by atoms with E-state index in [1.165, 1.54) is 0 Å². The van der Waals surface area contributed by atoms with Gasteiger partial charge in [-0.3, -0.25) is 4.79 Å². The average Bonchev–Trinajstić information content (AvgIpc) is 2.57. The van der Waals surface area contributed by atoms with Crippen LogP contribution in [0, 0.1) is 0 Å². The van der Waals surface area contributed by atoms with Crippen LogP contribution in [0.2, 0.25) is 5.02 Å². The van der Waals surface area contributed by atoms with Crippen molar-refractivity contribution in [1.29, 1.82) is 0 Å². The number of para-hydroxylation sites is 1. The Balaban J connectivity index is 2.09. The van der Waals surface area contributed by atoms with Gasteiger partial charge in [-0.2, -0.15) is 0 Å². The second-order valence-corrected chi connectivity index (χ2v) is 5.60. The highest BCUT2D eigenvalue weighted by atomic mass is 35.5. The van der Waals surface area contributed by atoms with E-state index in [1.54, 1.807) is 18.2 Å². The summed E-state index contributed by atoms with van der Waals surface area (Å²) in [5, 5.41) is 11.5. The predicted octanol–water partition coefficient (Wildman–Crippen LogP) is 4.01. The zero-order valence-electron chi connectivity index (χ0n) is 13.4. The van der Waals surface area contributed by atoms with Crippen LogP contribution >= 0.6 is 11.6 Å². The summed E-state index contributed by atoms with van der Waals surface area (Å²) in [6, 6.07) is 10.6. The van der Waals surface area contributed by atoms with Crippen molar-refractivity contribution in [3.8, 4) is 0 Å². The van der Waals surface area contributed by atoms with Crippen molar-refractivity contribution in [3.05, 3.63) is 47.1 Å². The fraction of sp³-hybridized carbons (Fsp3) is 0.353. The van der Waals surface area contributed by atoms with Gasteiger partial charge >= 0.3 is 0 Å². The van der Waals surface area contributed by atoms with Crippen molar-refractivity contribution in [3.63, 3.8) is 0 Å². The van der Waals surface area contributed by atoms with E-state index in [1.807, 2.05) is 18.2 Å². The Bertz CT molecular complexity index is 639. The number of benzene rings is 1. The van der Waals surface area contributed by atoms with Crippen LogP contribution in [0.5, 0.6) is 0 Å². The molecule has 0 saturated carbocycles. The zero-order valence-corrected chi connectivity index (χ0v) is 14.2.